The minimum atomic E-state index is -0.293. The van der Waals surface area contributed by atoms with Gasteiger partial charge in [0, 0.05) is 12.1 Å². The Balaban J connectivity index is 2.64. The summed E-state index contributed by atoms with van der Waals surface area (Å²) in [4.78, 5) is 16.0. The molecule has 0 N–H and O–H groups in total. The molecule has 2 aromatic rings. The number of rotatable bonds is 4. The number of hydrogen-bond donors (Lipinski definition) is 0. The Kier molecular flexibility index (Phi) is 4.61. The second-order valence-corrected chi connectivity index (χ2v) is 4.93. The van der Waals surface area contributed by atoms with E-state index in [9.17, 15) is 4.79 Å². The van der Waals surface area contributed by atoms with Crippen LogP contribution in [0.4, 0.5) is 0 Å². The van der Waals surface area contributed by atoms with Gasteiger partial charge in [0.1, 0.15) is 0 Å². The van der Waals surface area contributed by atoms with E-state index in [-0.39, 0.29) is 15.9 Å². The van der Waals surface area contributed by atoms with Gasteiger partial charge in [0.2, 0.25) is 0 Å². The topological polar surface area (TPSA) is 34.9 Å². The van der Waals surface area contributed by atoms with Crippen LogP contribution in [0, 0.1) is 0 Å². The summed E-state index contributed by atoms with van der Waals surface area (Å²) in [7, 11) is 0. The van der Waals surface area contributed by atoms with Crippen molar-refractivity contribution in [3.05, 3.63) is 51.0 Å². The largest absolute Gasteiger partial charge is 0.303 e. The van der Waals surface area contributed by atoms with Gasteiger partial charge in [-0.1, -0.05) is 66.9 Å². The predicted molar refractivity (Wildman–Crippen MR) is 78.9 cm³/mol. The van der Waals surface area contributed by atoms with E-state index in [4.69, 9.17) is 23.2 Å². The number of benzene rings is 1. The first kappa shape index (κ1) is 14.1. The summed E-state index contributed by atoms with van der Waals surface area (Å²) in [5.74, 6) is 0. The maximum atomic E-state index is 12.1. The molecule has 0 unspecified atom stereocenters. The molecule has 0 aliphatic rings. The van der Waals surface area contributed by atoms with Gasteiger partial charge in [0.25, 0.3) is 5.56 Å². The van der Waals surface area contributed by atoms with E-state index in [0.29, 0.717) is 12.2 Å². The van der Waals surface area contributed by atoms with Gasteiger partial charge in [-0.3, -0.25) is 4.79 Å². The number of nitrogens with zero attached hydrogens (tertiary/aromatic N) is 2. The SMILES string of the molecule is CCCCn1c(-c2ccccc2)c(Cl)nc(Cl)c1=O. The lowest BCUT2D eigenvalue weighted by molar-refractivity contribution is 0.615. The first-order valence-corrected chi connectivity index (χ1v) is 6.92. The Morgan fingerprint density at radius 2 is 1.84 bits per heavy atom. The highest BCUT2D eigenvalue weighted by Crippen LogP contribution is 2.26. The van der Waals surface area contributed by atoms with Crippen molar-refractivity contribution in [3.63, 3.8) is 0 Å². The second kappa shape index (κ2) is 6.22. The standard InChI is InChI=1S/C14H14Cl2N2O/c1-2-3-9-18-11(10-7-5-4-6-8-10)12(15)17-13(16)14(18)19/h4-8H,2-3,9H2,1H3. The molecule has 0 saturated heterocycles. The summed E-state index contributed by atoms with van der Waals surface area (Å²) in [6, 6.07) is 9.51. The Morgan fingerprint density at radius 3 is 2.47 bits per heavy atom. The van der Waals surface area contributed by atoms with Crippen LogP contribution in [0.5, 0.6) is 0 Å². The van der Waals surface area contributed by atoms with Crippen LogP contribution in [0.15, 0.2) is 35.1 Å². The highest BCUT2D eigenvalue weighted by atomic mass is 35.5. The summed E-state index contributed by atoms with van der Waals surface area (Å²) in [5.41, 5.74) is 1.20. The van der Waals surface area contributed by atoms with E-state index < -0.39 is 0 Å². The summed E-state index contributed by atoms with van der Waals surface area (Å²) in [6.45, 7) is 2.65. The highest BCUT2D eigenvalue weighted by molar-refractivity contribution is 6.33. The molecule has 3 nitrogen and oxygen atoms in total. The Morgan fingerprint density at radius 1 is 1.16 bits per heavy atom. The van der Waals surface area contributed by atoms with Gasteiger partial charge in [-0.2, -0.15) is 0 Å². The summed E-state index contributed by atoms with van der Waals surface area (Å²) < 4.78 is 1.61. The molecule has 0 radical (unpaired) electrons. The minimum Gasteiger partial charge on any atom is -0.303 e. The molecule has 19 heavy (non-hydrogen) atoms. The van der Waals surface area contributed by atoms with Crippen molar-refractivity contribution < 1.29 is 0 Å². The zero-order chi connectivity index (χ0) is 13.8. The van der Waals surface area contributed by atoms with E-state index in [1.807, 2.05) is 30.3 Å². The van der Waals surface area contributed by atoms with Gasteiger partial charge in [0.05, 0.1) is 5.69 Å². The smallest absolute Gasteiger partial charge is 0.288 e. The number of aromatic nitrogens is 2. The molecule has 5 heteroatoms. The number of halogens is 2. The molecule has 0 atom stereocenters. The third-order valence-corrected chi connectivity index (χ3v) is 3.38. The van der Waals surface area contributed by atoms with Gasteiger partial charge in [-0.15, -0.1) is 0 Å². The molecular formula is C14H14Cl2N2O. The minimum absolute atomic E-state index is 0.0826. The molecule has 0 aliphatic heterocycles. The van der Waals surface area contributed by atoms with Crippen molar-refractivity contribution in [2.75, 3.05) is 0 Å². The van der Waals surface area contributed by atoms with Gasteiger partial charge < -0.3 is 4.57 Å². The molecule has 1 aromatic heterocycles. The number of hydrogen-bond acceptors (Lipinski definition) is 2. The molecule has 0 aliphatic carbocycles. The fraction of sp³-hybridized carbons (Fsp3) is 0.286. The van der Waals surface area contributed by atoms with Crippen molar-refractivity contribution in [1.82, 2.24) is 9.55 Å². The normalized spacial score (nSPS) is 10.7. The van der Waals surface area contributed by atoms with Crippen LogP contribution in [0.1, 0.15) is 19.8 Å². The van der Waals surface area contributed by atoms with Gasteiger partial charge in [0.15, 0.2) is 10.3 Å². The monoisotopic (exact) mass is 296 g/mol. The lowest BCUT2D eigenvalue weighted by Gasteiger charge is -2.14. The Hall–Kier alpha value is -1.32. The van der Waals surface area contributed by atoms with Crippen LogP contribution >= 0.6 is 23.2 Å². The average Bonchev–Trinajstić information content (AvgIpc) is 2.42. The summed E-state index contributed by atoms with van der Waals surface area (Å²) in [6.07, 6.45) is 1.87. The van der Waals surface area contributed by atoms with Gasteiger partial charge in [-0.25, -0.2) is 4.98 Å². The lowest BCUT2D eigenvalue weighted by Crippen LogP contribution is -2.24. The van der Waals surface area contributed by atoms with Crippen molar-refractivity contribution in [2.24, 2.45) is 0 Å². The molecule has 2 rings (SSSR count). The zero-order valence-electron chi connectivity index (χ0n) is 10.6. The van der Waals surface area contributed by atoms with Crippen molar-refractivity contribution in [1.29, 1.82) is 0 Å². The third kappa shape index (κ3) is 2.99. The average molecular weight is 297 g/mol. The molecular weight excluding hydrogens is 283 g/mol. The molecule has 0 fully saturated rings. The fourth-order valence-corrected chi connectivity index (χ4v) is 2.44. The fourth-order valence-electron chi connectivity index (χ4n) is 1.91. The van der Waals surface area contributed by atoms with Crippen molar-refractivity contribution >= 4 is 23.2 Å². The Labute approximate surface area is 121 Å². The van der Waals surface area contributed by atoms with Crippen LogP contribution in [-0.2, 0) is 6.54 Å². The van der Waals surface area contributed by atoms with E-state index in [1.165, 1.54) is 0 Å². The van der Waals surface area contributed by atoms with E-state index in [1.54, 1.807) is 4.57 Å². The maximum Gasteiger partial charge on any atom is 0.288 e. The van der Waals surface area contributed by atoms with E-state index in [2.05, 4.69) is 11.9 Å². The predicted octanol–water partition coefficient (Wildman–Crippen LogP) is 4.02. The third-order valence-electron chi connectivity index (χ3n) is 2.87. The molecule has 0 saturated carbocycles. The summed E-state index contributed by atoms with van der Waals surface area (Å²) in [5, 5.41) is 0.174. The van der Waals surface area contributed by atoms with E-state index >= 15 is 0 Å². The molecule has 100 valence electrons. The second-order valence-electron chi connectivity index (χ2n) is 4.22. The highest BCUT2D eigenvalue weighted by Gasteiger charge is 2.15. The number of unbranched alkanes of at least 4 members (excludes halogenated alkanes) is 1. The van der Waals surface area contributed by atoms with Crippen molar-refractivity contribution in [3.8, 4) is 11.3 Å². The van der Waals surface area contributed by atoms with Crippen LogP contribution < -0.4 is 5.56 Å². The molecule has 0 amide bonds. The van der Waals surface area contributed by atoms with Crippen LogP contribution in [0.3, 0.4) is 0 Å². The van der Waals surface area contributed by atoms with Crippen molar-refractivity contribution in [2.45, 2.75) is 26.3 Å². The lowest BCUT2D eigenvalue weighted by atomic mass is 10.1. The maximum absolute atomic E-state index is 12.1. The quantitative estimate of drug-likeness (QED) is 0.854. The molecule has 1 aromatic carbocycles. The van der Waals surface area contributed by atoms with E-state index in [0.717, 1.165) is 18.4 Å². The van der Waals surface area contributed by atoms with Gasteiger partial charge in [-0.05, 0) is 6.42 Å². The summed E-state index contributed by atoms with van der Waals surface area (Å²) >= 11 is 12.0. The van der Waals surface area contributed by atoms with Gasteiger partial charge >= 0.3 is 0 Å². The zero-order valence-corrected chi connectivity index (χ0v) is 12.1. The van der Waals surface area contributed by atoms with Crippen LogP contribution in [0.2, 0.25) is 10.3 Å². The Bertz CT molecular complexity index is 623. The first-order chi connectivity index (χ1) is 9.15. The molecule has 0 bridgehead atoms. The first-order valence-electron chi connectivity index (χ1n) is 6.16. The molecule has 1 heterocycles. The van der Waals surface area contributed by atoms with Crippen LogP contribution in [0.25, 0.3) is 11.3 Å². The molecule has 0 spiro atoms. The van der Waals surface area contributed by atoms with Crippen LogP contribution in [-0.4, -0.2) is 9.55 Å².